The minimum Gasteiger partial charge on any atom is -0.508 e. The molecule has 0 saturated carbocycles. The van der Waals surface area contributed by atoms with E-state index in [9.17, 15) is 20.1 Å². The number of hydrogen-bond acceptors (Lipinski definition) is 7. The molecule has 1 heterocycles. The Morgan fingerprint density at radius 2 is 1.67 bits per heavy atom. The standard InChI is InChI=1S/C17H14O7/c1-22-11-7-10(19)12-14(21)17(23-2)15(24-16(12)13(11)20)8-3-5-9(18)6-4-8/h3-7,18-20H,1-2H3. The summed E-state index contributed by atoms with van der Waals surface area (Å²) in [6.07, 6.45) is 0. The molecule has 0 aliphatic carbocycles. The molecule has 0 radical (unpaired) electrons. The Morgan fingerprint density at radius 1 is 1.00 bits per heavy atom. The maximum absolute atomic E-state index is 12.6. The lowest BCUT2D eigenvalue weighted by Gasteiger charge is -2.12. The van der Waals surface area contributed by atoms with Crippen molar-refractivity contribution in [1.29, 1.82) is 0 Å². The number of hydrogen-bond donors (Lipinski definition) is 3. The third-order valence-corrected chi connectivity index (χ3v) is 3.60. The number of fused-ring (bicyclic) bond motifs is 1. The fraction of sp³-hybridized carbons (Fsp3) is 0.118. The van der Waals surface area contributed by atoms with Crippen LogP contribution < -0.4 is 14.9 Å². The van der Waals surface area contributed by atoms with Crippen LogP contribution >= 0.6 is 0 Å². The van der Waals surface area contributed by atoms with Gasteiger partial charge in [-0.05, 0) is 24.3 Å². The molecular weight excluding hydrogens is 316 g/mol. The number of methoxy groups -OCH3 is 2. The molecule has 3 N–H and O–H groups in total. The molecule has 0 spiro atoms. The smallest absolute Gasteiger partial charge is 0.239 e. The molecule has 7 nitrogen and oxygen atoms in total. The topological polar surface area (TPSA) is 109 Å². The third kappa shape index (κ3) is 2.26. The number of rotatable bonds is 3. The fourth-order valence-corrected chi connectivity index (χ4v) is 2.44. The van der Waals surface area contributed by atoms with Crippen LogP contribution in [0.4, 0.5) is 0 Å². The van der Waals surface area contributed by atoms with Crippen LogP contribution in [0, 0.1) is 0 Å². The van der Waals surface area contributed by atoms with E-state index in [0.717, 1.165) is 6.07 Å². The van der Waals surface area contributed by atoms with E-state index in [0.29, 0.717) is 5.56 Å². The van der Waals surface area contributed by atoms with Gasteiger partial charge in [-0.15, -0.1) is 0 Å². The highest BCUT2D eigenvalue weighted by atomic mass is 16.5. The van der Waals surface area contributed by atoms with Crippen LogP contribution in [0.15, 0.2) is 39.5 Å². The van der Waals surface area contributed by atoms with Gasteiger partial charge in [0.25, 0.3) is 0 Å². The van der Waals surface area contributed by atoms with E-state index < -0.39 is 16.9 Å². The molecule has 0 atom stereocenters. The lowest BCUT2D eigenvalue weighted by atomic mass is 10.1. The maximum Gasteiger partial charge on any atom is 0.239 e. The predicted octanol–water partition coefficient (Wildman–Crippen LogP) is 2.59. The molecule has 3 rings (SSSR count). The van der Waals surface area contributed by atoms with Crippen molar-refractivity contribution in [3.05, 3.63) is 40.6 Å². The molecular formula is C17H14O7. The normalized spacial score (nSPS) is 10.8. The number of benzene rings is 2. The quantitative estimate of drug-likeness (QED) is 0.633. The zero-order valence-corrected chi connectivity index (χ0v) is 12.9. The van der Waals surface area contributed by atoms with Gasteiger partial charge in [0, 0.05) is 11.6 Å². The SMILES string of the molecule is COc1cc(O)c2c(=O)c(OC)c(-c3ccc(O)cc3)oc2c1O. The van der Waals surface area contributed by atoms with Gasteiger partial charge in [-0.3, -0.25) is 4.79 Å². The highest BCUT2D eigenvalue weighted by molar-refractivity contribution is 5.93. The Morgan fingerprint density at radius 3 is 2.25 bits per heavy atom. The monoisotopic (exact) mass is 330 g/mol. The van der Waals surface area contributed by atoms with Gasteiger partial charge in [0.05, 0.1) is 14.2 Å². The summed E-state index contributed by atoms with van der Waals surface area (Å²) in [5, 5.41) is 29.5. The van der Waals surface area contributed by atoms with Crippen LogP contribution in [-0.4, -0.2) is 29.5 Å². The first-order valence-corrected chi connectivity index (χ1v) is 6.91. The molecule has 7 heteroatoms. The zero-order valence-electron chi connectivity index (χ0n) is 12.9. The predicted molar refractivity (Wildman–Crippen MR) is 86.0 cm³/mol. The van der Waals surface area contributed by atoms with Crippen molar-refractivity contribution in [1.82, 2.24) is 0 Å². The Kier molecular flexibility index (Phi) is 3.69. The van der Waals surface area contributed by atoms with Crippen molar-refractivity contribution < 1.29 is 29.2 Å². The van der Waals surface area contributed by atoms with Gasteiger partial charge in [0.1, 0.15) is 16.9 Å². The first-order valence-electron chi connectivity index (χ1n) is 6.91. The summed E-state index contributed by atoms with van der Waals surface area (Å²) in [6, 6.07) is 7.01. The van der Waals surface area contributed by atoms with Crippen molar-refractivity contribution >= 4 is 11.0 Å². The second kappa shape index (κ2) is 5.69. The second-order valence-corrected chi connectivity index (χ2v) is 4.99. The van der Waals surface area contributed by atoms with E-state index in [1.54, 1.807) is 0 Å². The van der Waals surface area contributed by atoms with Gasteiger partial charge >= 0.3 is 0 Å². The maximum atomic E-state index is 12.6. The number of aromatic hydroxyl groups is 3. The largest absolute Gasteiger partial charge is 0.508 e. The van der Waals surface area contributed by atoms with E-state index in [4.69, 9.17) is 13.9 Å². The van der Waals surface area contributed by atoms with E-state index >= 15 is 0 Å². The lowest BCUT2D eigenvalue weighted by molar-refractivity contribution is 0.364. The van der Waals surface area contributed by atoms with Crippen molar-refractivity contribution in [2.24, 2.45) is 0 Å². The highest BCUT2D eigenvalue weighted by Gasteiger charge is 2.23. The number of phenolic OH excluding ortho intramolecular Hbond substituents is 3. The van der Waals surface area contributed by atoms with Crippen LogP contribution in [0.25, 0.3) is 22.3 Å². The first-order chi connectivity index (χ1) is 11.5. The Hall–Kier alpha value is -3.35. The van der Waals surface area contributed by atoms with Gasteiger partial charge in [-0.25, -0.2) is 0 Å². The summed E-state index contributed by atoms with van der Waals surface area (Å²) in [6.45, 7) is 0. The summed E-state index contributed by atoms with van der Waals surface area (Å²) in [7, 11) is 2.60. The second-order valence-electron chi connectivity index (χ2n) is 4.99. The Labute approximate surface area is 135 Å². The van der Waals surface area contributed by atoms with Gasteiger partial charge in [-0.2, -0.15) is 0 Å². The Balaban J connectivity index is 2.44. The van der Waals surface area contributed by atoms with Crippen LogP contribution in [0.2, 0.25) is 0 Å². The van der Waals surface area contributed by atoms with Crippen molar-refractivity contribution in [2.75, 3.05) is 14.2 Å². The molecule has 124 valence electrons. The number of ether oxygens (including phenoxy) is 2. The van der Waals surface area contributed by atoms with E-state index in [1.165, 1.54) is 38.5 Å². The molecule has 1 aromatic heterocycles. The average Bonchev–Trinajstić information content (AvgIpc) is 2.58. The number of phenols is 3. The molecule has 0 saturated heterocycles. The summed E-state index contributed by atoms with van der Waals surface area (Å²) in [5.74, 6) is -0.881. The molecule has 0 bridgehead atoms. The lowest BCUT2D eigenvalue weighted by Crippen LogP contribution is -2.08. The fourth-order valence-electron chi connectivity index (χ4n) is 2.44. The van der Waals surface area contributed by atoms with Crippen LogP contribution in [-0.2, 0) is 0 Å². The third-order valence-electron chi connectivity index (χ3n) is 3.60. The summed E-state index contributed by atoms with van der Waals surface area (Å²) in [5.41, 5.74) is -0.414. The summed E-state index contributed by atoms with van der Waals surface area (Å²) >= 11 is 0. The van der Waals surface area contributed by atoms with Gasteiger partial charge in [0.15, 0.2) is 17.1 Å². The van der Waals surface area contributed by atoms with Gasteiger partial charge < -0.3 is 29.2 Å². The van der Waals surface area contributed by atoms with E-state index in [1.807, 2.05) is 0 Å². The van der Waals surface area contributed by atoms with Crippen LogP contribution in [0.5, 0.6) is 28.7 Å². The molecule has 0 unspecified atom stereocenters. The Bertz CT molecular complexity index is 971. The van der Waals surface area contributed by atoms with E-state index in [2.05, 4.69) is 0 Å². The molecule has 2 aromatic carbocycles. The minimum atomic E-state index is -0.641. The van der Waals surface area contributed by atoms with Crippen LogP contribution in [0.1, 0.15) is 0 Å². The molecule has 0 aliphatic rings. The zero-order chi connectivity index (χ0) is 17.4. The summed E-state index contributed by atoms with van der Waals surface area (Å²) in [4.78, 5) is 12.6. The van der Waals surface area contributed by atoms with E-state index in [-0.39, 0.29) is 34.0 Å². The van der Waals surface area contributed by atoms with Crippen molar-refractivity contribution in [2.45, 2.75) is 0 Å². The average molecular weight is 330 g/mol. The first kappa shape index (κ1) is 15.5. The van der Waals surface area contributed by atoms with Crippen LogP contribution in [0.3, 0.4) is 0 Å². The molecule has 3 aromatic rings. The minimum absolute atomic E-state index is 0.0371. The van der Waals surface area contributed by atoms with Crippen molar-refractivity contribution in [3.8, 4) is 40.1 Å². The molecule has 0 fully saturated rings. The molecule has 0 aliphatic heterocycles. The van der Waals surface area contributed by atoms with Crippen molar-refractivity contribution in [3.63, 3.8) is 0 Å². The highest BCUT2D eigenvalue weighted by Crippen LogP contribution is 2.42. The summed E-state index contributed by atoms with van der Waals surface area (Å²) < 4.78 is 15.7. The molecule has 24 heavy (non-hydrogen) atoms. The molecule has 0 amide bonds. The van der Waals surface area contributed by atoms with Gasteiger partial charge in [0.2, 0.25) is 16.9 Å². The van der Waals surface area contributed by atoms with Gasteiger partial charge in [-0.1, -0.05) is 0 Å².